The predicted octanol–water partition coefficient (Wildman–Crippen LogP) is 3.71. The molecule has 0 aliphatic rings. The summed E-state index contributed by atoms with van der Waals surface area (Å²) in [4.78, 5) is 20.8. The number of nitrogens with zero attached hydrogens (tertiary/aromatic N) is 2. The molecule has 0 radical (unpaired) electrons. The number of pyridine rings is 1. The number of carbonyl (C=O) groups excluding carboxylic acids is 1. The molecule has 2 heterocycles. The lowest BCUT2D eigenvalue weighted by Crippen LogP contribution is -2.25. The molecule has 134 valence electrons. The third-order valence-corrected chi connectivity index (χ3v) is 4.70. The monoisotopic (exact) mass is 367 g/mol. The van der Waals surface area contributed by atoms with Crippen LogP contribution in [-0.2, 0) is 13.0 Å². The van der Waals surface area contributed by atoms with Gasteiger partial charge in [-0.15, -0.1) is 11.3 Å². The Hall–Kier alpha value is -2.73. The lowest BCUT2D eigenvalue weighted by atomic mass is 10.1. The molecule has 1 N–H and O–H groups in total. The first-order valence-corrected chi connectivity index (χ1v) is 9.32. The molecular formula is C20H21N3O2S. The first kappa shape index (κ1) is 18.1. The van der Waals surface area contributed by atoms with Crippen LogP contribution in [0.25, 0.3) is 0 Å². The summed E-state index contributed by atoms with van der Waals surface area (Å²) in [5.74, 6) is 0.674. The maximum Gasteiger partial charge on any atom is 0.251 e. The lowest BCUT2D eigenvalue weighted by molar-refractivity contribution is 0.0954. The van der Waals surface area contributed by atoms with Gasteiger partial charge in [0.25, 0.3) is 5.91 Å². The Kier molecular flexibility index (Phi) is 5.96. The van der Waals surface area contributed by atoms with E-state index in [4.69, 9.17) is 4.74 Å². The van der Waals surface area contributed by atoms with Crippen molar-refractivity contribution in [3.63, 3.8) is 0 Å². The number of thiazole rings is 1. The van der Waals surface area contributed by atoms with E-state index < -0.39 is 0 Å². The third-order valence-electron chi connectivity index (χ3n) is 3.83. The van der Waals surface area contributed by atoms with Crippen molar-refractivity contribution in [2.45, 2.75) is 26.9 Å². The lowest BCUT2D eigenvalue weighted by Gasteiger charge is -2.04. The van der Waals surface area contributed by atoms with Crippen molar-refractivity contribution >= 4 is 17.2 Å². The van der Waals surface area contributed by atoms with Crippen molar-refractivity contribution in [3.8, 4) is 5.75 Å². The summed E-state index contributed by atoms with van der Waals surface area (Å²) in [6.45, 7) is 4.92. The van der Waals surface area contributed by atoms with Gasteiger partial charge in [-0.05, 0) is 38.1 Å². The number of ether oxygens (including phenoxy) is 1. The van der Waals surface area contributed by atoms with Crippen LogP contribution in [0.1, 0.15) is 32.3 Å². The summed E-state index contributed by atoms with van der Waals surface area (Å²) in [5.41, 5.74) is 3.73. The van der Waals surface area contributed by atoms with Crippen molar-refractivity contribution < 1.29 is 9.53 Å². The fourth-order valence-electron chi connectivity index (χ4n) is 2.33. The van der Waals surface area contributed by atoms with E-state index in [1.165, 1.54) is 0 Å². The number of aryl methyl sites for hydroxylation is 2. The molecule has 6 heteroatoms. The average molecular weight is 367 g/mol. The molecule has 0 saturated heterocycles. The molecule has 0 unspecified atom stereocenters. The highest BCUT2D eigenvalue weighted by Crippen LogP contribution is 2.15. The van der Waals surface area contributed by atoms with Crippen LogP contribution in [0.5, 0.6) is 5.75 Å². The Balaban J connectivity index is 1.44. The van der Waals surface area contributed by atoms with Crippen molar-refractivity contribution in [1.29, 1.82) is 0 Å². The normalized spacial score (nSPS) is 10.5. The first-order chi connectivity index (χ1) is 12.6. The number of carbonyl (C=O) groups is 1. The van der Waals surface area contributed by atoms with Crippen LogP contribution in [0.2, 0.25) is 0 Å². The van der Waals surface area contributed by atoms with E-state index in [2.05, 4.69) is 15.3 Å². The predicted molar refractivity (Wildman–Crippen MR) is 103 cm³/mol. The summed E-state index contributed by atoms with van der Waals surface area (Å²) in [7, 11) is 0. The Bertz CT molecular complexity index is 858. The van der Waals surface area contributed by atoms with Crippen LogP contribution in [0.15, 0.2) is 48.0 Å². The molecule has 0 bridgehead atoms. The minimum Gasteiger partial charge on any atom is -0.485 e. The maximum atomic E-state index is 12.1. The SMILES string of the molecule is Cc1ccc(C(=O)NCCc2csc(COc3ccc(C)nc3)n2)cc1. The second-order valence-electron chi connectivity index (χ2n) is 6.03. The van der Waals surface area contributed by atoms with Crippen molar-refractivity contribution in [3.05, 3.63) is 75.5 Å². The van der Waals surface area contributed by atoms with Crippen molar-refractivity contribution in [2.24, 2.45) is 0 Å². The zero-order valence-electron chi connectivity index (χ0n) is 14.9. The highest BCUT2D eigenvalue weighted by atomic mass is 32.1. The van der Waals surface area contributed by atoms with E-state index in [1.54, 1.807) is 17.5 Å². The number of hydrogen-bond acceptors (Lipinski definition) is 5. The fraction of sp³-hybridized carbons (Fsp3) is 0.250. The van der Waals surface area contributed by atoms with E-state index in [-0.39, 0.29) is 5.91 Å². The van der Waals surface area contributed by atoms with Crippen LogP contribution < -0.4 is 10.1 Å². The van der Waals surface area contributed by atoms with Gasteiger partial charge in [0, 0.05) is 29.6 Å². The quantitative estimate of drug-likeness (QED) is 0.691. The van der Waals surface area contributed by atoms with Crippen LogP contribution >= 0.6 is 11.3 Å². The van der Waals surface area contributed by atoms with E-state index in [9.17, 15) is 4.79 Å². The standard InChI is InChI=1S/C20H21N3O2S/c1-14-3-6-16(7-4-14)20(24)21-10-9-17-13-26-19(23-17)12-25-18-8-5-15(2)22-11-18/h3-8,11,13H,9-10,12H2,1-2H3,(H,21,24). The number of rotatable bonds is 7. The molecule has 0 aliphatic heterocycles. The summed E-state index contributed by atoms with van der Waals surface area (Å²) in [6, 6.07) is 11.4. The molecule has 0 atom stereocenters. The largest absolute Gasteiger partial charge is 0.485 e. The number of aromatic nitrogens is 2. The molecule has 3 rings (SSSR count). The summed E-state index contributed by atoms with van der Waals surface area (Å²) < 4.78 is 5.69. The molecule has 1 aromatic carbocycles. The van der Waals surface area contributed by atoms with Gasteiger partial charge in [-0.3, -0.25) is 9.78 Å². The topological polar surface area (TPSA) is 64.1 Å². The average Bonchev–Trinajstić information content (AvgIpc) is 3.09. The van der Waals surface area contributed by atoms with Crippen LogP contribution in [0.3, 0.4) is 0 Å². The molecule has 3 aromatic rings. The number of hydrogen-bond donors (Lipinski definition) is 1. The smallest absolute Gasteiger partial charge is 0.251 e. The molecule has 0 spiro atoms. The van der Waals surface area contributed by atoms with Gasteiger partial charge in [-0.1, -0.05) is 17.7 Å². The molecular weight excluding hydrogens is 346 g/mol. The number of nitrogens with one attached hydrogen (secondary N) is 1. The van der Waals surface area contributed by atoms with E-state index in [0.717, 1.165) is 27.7 Å². The van der Waals surface area contributed by atoms with Crippen LogP contribution in [0, 0.1) is 13.8 Å². The Morgan fingerprint density at radius 1 is 1.15 bits per heavy atom. The van der Waals surface area contributed by atoms with Gasteiger partial charge in [0.2, 0.25) is 0 Å². The van der Waals surface area contributed by atoms with Gasteiger partial charge in [0.1, 0.15) is 17.4 Å². The second kappa shape index (κ2) is 8.58. The molecule has 1 amide bonds. The van der Waals surface area contributed by atoms with E-state index in [1.807, 2.05) is 55.6 Å². The van der Waals surface area contributed by atoms with Gasteiger partial charge in [0.15, 0.2) is 0 Å². The Morgan fingerprint density at radius 2 is 1.96 bits per heavy atom. The number of benzene rings is 1. The minimum absolute atomic E-state index is 0.0596. The van der Waals surface area contributed by atoms with Crippen LogP contribution in [0.4, 0.5) is 0 Å². The fourth-order valence-corrected chi connectivity index (χ4v) is 3.07. The van der Waals surface area contributed by atoms with Crippen molar-refractivity contribution in [1.82, 2.24) is 15.3 Å². The van der Waals surface area contributed by atoms with Crippen LogP contribution in [-0.4, -0.2) is 22.4 Å². The van der Waals surface area contributed by atoms with Gasteiger partial charge in [-0.2, -0.15) is 0 Å². The molecule has 0 fully saturated rings. The van der Waals surface area contributed by atoms with E-state index >= 15 is 0 Å². The van der Waals surface area contributed by atoms with Gasteiger partial charge in [0.05, 0.1) is 11.9 Å². The van der Waals surface area contributed by atoms with E-state index in [0.29, 0.717) is 25.1 Å². The second-order valence-corrected chi connectivity index (χ2v) is 6.97. The number of amides is 1. The highest BCUT2D eigenvalue weighted by molar-refractivity contribution is 7.09. The molecule has 2 aromatic heterocycles. The molecule has 0 aliphatic carbocycles. The van der Waals surface area contributed by atoms with Crippen molar-refractivity contribution in [2.75, 3.05) is 6.54 Å². The summed E-state index contributed by atoms with van der Waals surface area (Å²) in [6.07, 6.45) is 2.41. The zero-order chi connectivity index (χ0) is 18.4. The summed E-state index contributed by atoms with van der Waals surface area (Å²) in [5, 5.41) is 5.84. The molecule has 0 saturated carbocycles. The van der Waals surface area contributed by atoms with Gasteiger partial charge < -0.3 is 10.1 Å². The third kappa shape index (κ3) is 5.13. The van der Waals surface area contributed by atoms with Gasteiger partial charge >= 0.3 is 0 Å². The Labute approximate surface area is 157 Å². The molecule has 26 heavy (non-hydrogen) atoms. The Morgan fingerprint density at radius 3 is 2.69 bits per heavy atom. The maximum absolute atomic E-state index is 12.1. The summed E-state index contributed by atoms with van der Waals surface area (Å²) >= 11 is 1.56. The molecule has 5 nitrogen and oxygen atoms in total. The minimum atomic E-state index is -0.0596. The first-order valence-electron chi connectivity index (χ1n) is 8.44. The highest BCUT2D eigenvalue weighted by Gasteiger charge is 2.07. The zero-order valence-corrected chi connectivity index (χ0v) is 15.7. The van der Waals surface area contributed by atoms with Gasteiger partial charge in [-0.25, -0.2) is 4.98 Å².